The number of para-hydroxylation sites is 1. The molecule has 7 nitrogen and oxygen atoms in total. The number of hydrogen-bond acceptors (Lipinski definition) is 4. The molecule has 0 aliphatic heterocycles. The first kappa shape index (κ1) is 22.6. The summed E-state index contributed by atoms with van der Waals surface area (Å²) in [5, 5.41) is 7.23. The SMILES string of the molecule is NC(=O)c1nccc2c(-c3ccc(NC(=O)Nc4cccc(Oc5ccccc5)c4)cc3)cccc12. The average Bonchev–Trinajstić information content (AvgIpc) is 2.89. The molecule has 7 heteroatoms. The van der Waals surface area contributed by atoms with Crippen LogP contribution in [0, 0.1) is 0 Å². The Hall–Kier alpha value is -5.17. The molecule has 0 radical (unpaired) electrons. The molecule has 0 unspecified atom stereocenters. The van der Waals surface area contributed by atoms with E-state index in [2.05, 4.69) is 15.6 Å². The Kier molecular flexibility index (Phi) is 6.27. The van der Waals surface area contributed by atoms with Crippen LogP contribution in [0.1, 0.15) is 10.5 Å². The van der Waals surface area contributed by atoms with Crippen LogP contribution < -0.4 is 21.1 Å². The fourth-order valence-corrected chi connectivity index (χ4v) is 3.94. The van der Waals surface area contributed by atoms with Crippen LogP contribution in [0.25, 0.3) is 21.9 Å². The number of nitrogens with one attached hydrogen (secondary N) is 2. The van der Waals surface area contributed by atoms with Crippen molar-refractivity contribution in [3.05, 3.63) is 115 Å². The van der Waals surface area contributed by atoms with Gasteiger partial charge in [-0.2, -0.15) is 0 Å². The van der Waals surface area contributed by atoms with E-state index in [-0.39, 0.29) is 11.7 Å². The molecule has 0 saturated carbocycles. The van der Waals surface area contributed by atoms with Crippen molar-refractivity contribution in [1.82, 2.24) is 4.98 Å². The number of benzene rings is 4. The third-order valence-corrected chi connectivity index (χ3v) is 5.56. The van der Waals surface area contributed by atoms with Gasteiger partial charge in [-0.25, -0.2) is 4.79 Å². The lowest BCUT2D eigenvalue weighted by Crippen LogP contribution is -2.19. The van der Waals surface area contributed by atoms with E-state index in [0.29, 0.717) is 28.3 Å². The first-order chi connectivity index (χ1) is 17.6. The van der Waals surface area contributed by atoms with Crippen molar-refractivity contribution in [2.24, 2.45) is 5.73 Å². The van der Waals surface area contributed by atoms with E-state index < -0.39 is 5.91 Å². The number of nitrogens with two attached hydrogens (primary N) is 1. The minimum absolute atomic E-state index is 0.238. The summed E-state index contributed by atoms with van der Waals surface area (Å²) in [6.45, 7) is 0. The van der Waals surface area contributed by atoms with Crippen molar-refractivity contribution in [1.29, 1.82) is 0 Å². The highest BCUT2D eigenvalue weighted by Gasteiger charge is 2.12. The van der Waals surface area contributed by atoms with Crippen molar-refractivity contribution in [2.75, 3.05) is 10.6 Å². The number of ether oxygens (including phenoxy) is 1. The first-order valence-corrected chi connectivity index (χ1v) is 11.3. The van der Waals surface area contributed by atoms with Gasteiger partial charge in [-0.1, -0.05) is 54.6 Å². The van der Waals surface area contributed by atoms with Gasteiger partial charge in [0.25, 0.3) is 5.91 Å². The number of carbonyl (C=O) groups is 2. The van der Waals surface area contributed by atoms with E-state index in [9.17, 15) is 9.59 Å². The number of amides is 3. The molecule has 4 N–H and O–H groups in total. The molecule has 0 bridgehead atoms. The molecule has 0 atom stereocenters. The summed E-state index contributed by atoms with van der Waals surface area (Å²) in [5.74, 6) is 0.765. The van der Waals surface area contributed by atoms with Crippen LogP contribution in [0.2, 0.25) is 0 Å². The predicted molar refractivity (Wildman–Crippen MR) is 141 cm³/mol. The topological polar surface area (TPSA) is 106 Å². The van der Waals surface area contributed by atoms with Crippen LogP contribution in [0.5, 0.6) is 11.5 Å². The number of pyridine rings is 1. The smallest absolute Gasteiger partial charge is 0.323 e. The molecule has 0 aliphatic carbocycles. The number of primary amides is 1. The summed E-state index contributed by atoms with van der Waals surface area (Å²) in [5.41, 5.74) is 8.82. The molecule has 5 aromatic rings. The van der Waals surface area contributed by atoms with E-state index in [4.69, 9.17) is 10.5 Å². The van der Waals surface area contributed by atoms with Gasteiger partial charge in [0.1, 0.15) is 17.2 Å². The van der Waals surface area contributed by atoms with Crippen LogP contribution in [0.4, 0.5) is 16.2 Å². The minimum atomic E-state index is -0.569. The maximum atomic E-state index is 12.6. The number of aromatic nitrogens is 1. The van der Waals surface area contributed by atoms with Gasteiger partial charge in [-0.05, 0) is 59.0 Å². The predicted octanol–water partition coefficient (Wildman–Crippen LogP) is 6.44. The number of urea groups is 1. The lowest BCUT2D eigenvalue weighted by atomic mass is 9.98. The fourth-order valence-electron chi connectivity index (χ4n) is 3.94. The zero-order valence-corrected chi connectivity index (χ0v) is 19.1. The van der Waals surface area contributed by atoms with E-state index in [1.54, 1.807) is 18.3 Å². The van der Waals surface area contributed by atoms with Gasteiger partial charge < -0.3 is 21.1 Å². The number of fused-ring (bicyclic) bond motifs is 1. The molecule has 1 aromatic heterocycles. The van der Waals surface area contributed by atoms with E-state index >= 15 is 0 Å². The summed E-state index contributed by atoms with van der Waals surface area (Å²) in [7, 11) is 0. The fraction of sp³-hybridized carbons (Fsp3) is 0. The standard InChI is InChI=1S/C29H22N4O3/c30-28(34)27-26-11-5-10-24(25(26)16-17-31-27)19-12-14-20(15-13-19)32-29(35)33-21-6-4-9-23(18-21)36-22-7-2-1-3-8-22/h1-18H,(H2,30,34)(H2,32,33,35). The second kappa shape index (κ2) is 9.99. The van der Waals surface area contributed by atoms with Gasteiger partial charge in [0.05, 0.1) is 0 Å². The van der Waals surface area contributed by atoms with Crippen molar-refractivity contribution in [2.45, 2.75) is 0 Å². The van der Waals surface area contributed by atoms with Crippen LogP contribution in [-0.2, 0) is 0 Å². The van der Waals surface area contributed by atoms with Crippen molar-refractivity contribution in [3.8, 4) is 22.6 Å². The number of nitrogens with zero attached hydrogens (tertiary/aromatic N) is 1. The molecule has 1 heterocycles. The molecule has 3 amide bonds. The molecular weight excluding hydrogens is 452 g/mol. The lowest BCUT2D eigenvalue weighted by Gasteiger charge is -2.11. The summed E-state index contributed by atoms with van der Waals surface area (Å²) in [6.07, 6.45) is 1.58. The highest BCUT2D eigenvalue weighted by molar-refractivity contribution is 6.08. The number of carbonyl (C=O) groups excluding carboxylic acids is 2. The number of rotatable bonds is 6. The normalized spacial score (nSPS) is 10.6. The van der Waals surface area contributed by atoms with E-state index in [1.165, 1.54) is 0 Å². The van der Waals surface area contributed by atoms with Crippen LogP contribution >= 0.6 is 0 Å². The van der Waals surface area contributed by atoms with E-state index in [1.807, 2.05) is 91.0 Å². The van der Waals surface area contributed by atoms with Crippen LogP contribution in [0.15, 0.2) is 109 Å². The highest BCUT2D eigenvalue weighted by atomic mass is 16.5. The third-order valence-electron chi connectivity index (χ3n) is 5.56. The average molecular weight is 475 g/mol. The summed E-state index contributed by atoms with van der Waals surface area (Å²) in [4.78, 5) is 28.4. The quantitative estimate of drug-likeness (QED) is 0.263. The van der Waals surface area contributed by atoms with Crippen LogP contribution in [-0.4, -0.2) is 16.9 Å². The molecule has 0 fully saturated rings. The Morgan fingerprint density at radius 3 is 2.19 bits per heavy atom. The Bertz CT molecular complexity index is 1550. The maximum Gasteiger partial charge on any atom is 0.323 e. The Labute approximate surface area is 207 Å². The van der Waals surface area contributed by atoms with Gasteiger partial charge in [0.2, 0.25) is 0 Å². The van der Waals surface area contributed by atoms with Crippen molar-refractivity contribution >= 4 is 34.1 Å². The Morgan fingerprint density at radius 1 is 0.694 bits per heavy atom. The lowest BCUT2D eigenvalue weighted by molar-refractivity contribution is 0.0997. The Balaban J connectivity index is 1.28. The van der Waals surface area contributed by atoms with Gasteiger partial charge >= 0.3 is 6.03 Å². The molecule has 0 spiro atoms. The summed E-state index contributed by atoms with van der Waals surface area (Å²) < 4.78 is 5.82. The van der Waals surface area contributed by atoms with Crippen LogP contribution in [0.3, 0.4) is 0 Å². The summed E-state index contributed by atoms with van der Waals surface area (Å²) in [6, 6.07) is 31.2. The monoisotopic (exact) mass is 474 g/mol. The molecule has 0 saturated heterocycles. The van der Waals surface area contributed by atoms with Gasteiger partial charge in [0.15, 0.2) is 0 Å². The maximum absolute atomic E-state index is 12.6. The molecule has 4 aromatic carbocycles. The largest absolute Gasteiger partial charge is 0.457 e. The zero-order chi connectivity index (χ0) is 24.9. The van der Waals surface area contributed by atoms with E-state index in [0.717, 1.165) is 16.5 Å². The zero-order valence-electron chi connectivity index (χ0n) is 19.1. The minimum Gasteiger partial charge on any atom is -0.457 e. The second-order valence-electron chi connectivity index (χ2n) is 8.02. The number of hydrogen-bond donors (Lipinski definition) is 3. The van der Waals surface area contributed by atoms with Crippen molar-refractivity contribution < 1.29 is 14.3 Å². The van der Waals surface area contributed by atoms with Gasteiger partial charge in [-0.15, -0.1) is 0 Å². The Morgan fingerprint density at radius 2 is 1.42 bits per heavy atom. The molecule has 36 heavy (non-hydrogen) atoms. The number of anilines is 2. The molecular formula is C29H22N4O3. The molecule has 176 valence electrons. The third kappa shape index (κ3) is 5.00. The van der Waals surface area contributed by atoms with Gasteiger partial charge in [-0.3, -0.25) is 9.78 Å². The molecule has 0 aliphatic rings. The second-order valence-corrected chi connectivity index (χ2v) is 8.02. The van der Waals surface area contributed by atoms with Gasteiger partial charge in [0, 0.05) is 29.0 Å². The summed E-state index contributed by atoms with van der Waals surface area (Å²) >= 11 is 0. The molecule has 5 rings (SSSR count). The first-order valence-electron chi connectivity index (χ1n) is 11.3. The highest BCUT2D eigenvalue weighted by Crippen LogP contribution is 2.30. The van der Waals surface area contributed by atoms with Crippen molar-refractivity contribution in [3.63, 3.8) is 0 Å².